The molecule has 3 atom stereocenters. The highest BCUT2D eigenvalue weighted by atomic mass is 16.1. The van der Waals surface area contributed by atoms with Gasteiger partial charge in [0.1, 0.15) is 5.39 Å². The lowest BCUT2D eigenvalue weighted by molar-refractivity contribution is 0.277. The Hall–Kier alpha value is -3.93. The summed E-state index contributed by atoms with van der Waals surface area (Å²) in [4.78, 5) is 17.3. The van der Waals surface area contributed by atoms with Crippen molar-refractivity contribution in [1.82, 2.24) is 29.8 Å². The summed E-state index contributed by atoms with van der Waals surface area (Å²) in [7, 11) is 0. The second-order valence-electron chi connectivity index (χ2n) is 9.23. The zero-order valence-electron chi connectivity index (χ0n) is 19.3. The van der Waals surface area contributed by atoms with Crippen LogP contribution >= 0.6 is 0 Å². The van der Waals surface area contributed by atoms with E-state index in [0.29, 0.717) is 17.1 Å². The Labute approximate surface area is 197 Å². The van der Waals surface area contributed by atoms with Crippen LogP contribution in [0, 0.1) is 23.2 Å². The number of aromatic amines is 1. The molecule has 2 unspecified atom stereocenters. The van der Waals surface area contributed by atoms with Crippen molar-refractivity contribution in [2.75, 3.05) is 5.32 Å². The topological polar surface area (TPSA) is 117 Å². The van der Waals surface area contributed by atoms with E-state index in [1.807, 2.05) is 35.0 Å². The number of hydrogen-bond acceptors (Lipinski definition) is 6. The van der Waals surface area contributed by atoms with Crippen LogP contribution in [0.3, 0.4) is 0 Å². The van der Waals surface area contributed by atoms with E-state index in [-0.39, 0.29) is 23.6 Å². The highest BCUT2D eigenvalue weighted by molar-refractivity contribution is 5.91. The molecule has 9 nitrogen and oxygen atoms in total. The lowest BCUT2D eigenvalue weighted by Gasteiger charge is -2.27. The predicted molar refractivity (Wildman–Crippen MR) is 130 cm³/mol. The second-order valence-corrected chi connectivity index (χ2v) is 9.23. The van der Waals surface area contributed by atoms with Crippen molar-refractivity contribution in [3.05, 3.63) is 64.8 Å². The summed E-state index contributed by atoms with van der Waals surface area (Å²) < 4.78 is 1.88. The van der Waals surface area contributed by atoms with E-state index in [4.69, 9.17) is 5.10 Å². The number of rotatable bonds is 6. The van der Waals surface area contributed by atoms with Gasteiger partial charge in [-0.05, 0) is 42.5 Å². The standard InChI is InChI=1S/C25H28N8O/c1-16(2)23(33-28-13-14-29-33)17-7-9-19(10-8-17)30-24-22-21(11-12-27-25(22)34)32(31-24)20-6-4-3-5-18(20)15-26/h7-14,16,18,20,23H,3-6H2,1-2H3,(H,27,34)(H,30,31)/t18?,20-,23?/m0/s1. The normalized spacial score (nSPS) is 19.2. The first-order chi connectivity index (χ1) is 16.6. The number of hydrogen-bond donors (Lipinski definition) is 2. The number of nitriles is 1. The summed E-state index contributed by atoms with van der Waals surface area (Å²) in [5.74, 6) is 0.709. The molecule has 0 spiro atoms. The van der Waals surface area contributed by atoms with Crippen molar-refractivity contribution in [2.24, 2.45) is 11.8 Å². The van der Waals surface area contributed by atoms with E-state index in [1.54, 1.807) is 23.4 Å². The van der Waals surface area contributed by atoms with Gasteiger partial charge in [0.2, 0.25) is 0 Å². The van der Waals surface area contributed by atoms with Gasteiger partial charge in [0.25, 0.3) is 5.56 Å². The molecule has 0 amide bonds. The van der Waals surface area contributed by atoms with Crippen molar-refractivity contribution in [3.63, 3.8) is 0 Å². The molecule has 1 aliphatic carbocycles. The van der Waals surface area contributed by atoms with E-state index in [2.05, 4.69) is 40.4 Å². The molecule has 1 saturated carbocycles. The Kier molecular flexibility index (Phi) is 5.88. The molecule has 1 aromatic carbocycles. The van der Waals surface area contributed by atoms with Crippen LogP contribution in [-0.2, 0) is 0 Å². The van der Waals surface area contributed by atoms with Gasteiger partial charge in [-0.1, -0.05) is 38.8 Å². The van der Waals surface area contributed by atoms with E-state index < -0.39 is 0 Å². The quantitative estimate of drug-likeness (QED) is 0.439. The summed E-state index contributed by atoms with van der Waals surface area (Å²) in [5.41, 5.74) is 2.48. The van der Waals surface area contributed by atoms with Gasteiger partial charge in [-0.3, -0.25) is 9.48 Å². The first-order valence-corrected chi connectivity index (χ1v) is 11.8. The van der Waals surface area contributed by atoms with E-state index in [0.717, 1.165) is 42.5 Å². The smallest absolute Gasteiger partial charge is 0.261 e. The molecule has 0 bridgehead atoms. The van der Waals surface area contributed by atoms with Gasteiger partial charge in [0.05, 0.1) is 42.0 Å². The zero-order valence-corrected chi connectivity index (χ0v) is 19.3. The van der Waals surface area contributed by atoms with Crippen LogP contribution in [0.15, 0.2) is 53.7 Å². The van der Waals surface area contributed by atoms with E-state index >= 15 is 0 Å². The molecule has 1 fully saturated rings. The molecule has 34 heavy (non-hydrogen) atoms. The highest BCUT2D eigenvalue weighted by Gasteiger charge is 2.30. The summed E-state index contributed by atoms with van der Waals surface area (Å²) in [6.45, 7) is 4.29. The molecule has 174 valence electrons. The fraction of sp³-hybridized carbons (Fsp3) is 0.400. The monoisotopic (exact) mass is 456 g/mol. The first-order valence-electron chi connectivity index (χ1n) is 11.8. The van der Waals surface area contributed by atoms with Crippen LogP contribution in [0.2, 0.25) is 0 Å². The van der Waals surface area contributed by atoms with Crippen LogP contribution in [-0.4, -0.2) is 29.8 Å². The Morgan fingerprint density at radius 2 is 1.85 bits per heavy atom. The van der Waals surface area contributed by atoms with Crippen molar-refractivity contribution in [3.8, 4) is 6.07 Å². The third-order valence-electron chi connectivity index (χ3n) is 6.67. The fourth-order valence-corrected chi connectivity index (χ4v) is 5.05. The SMILES string of the molecule is CC(C)C(c1ccc(Nc2nn([C@H]3CCCCC3C#N)c3cc[nH]c(=O)c23)cc1)n1nccn1. The van der Waals surface area contributed by atoms with Crippen molar-refractivity contribution in [2.45, 2.75) is 51.6 Å². The number of nitrogens with zero attached hydrogens (tertiary/aromatic N) is 6. The molecular formula is C25H28N8O. The molecule has 0 saturated heterocycles. The number of fused-ring (bicyclic) bond motifs is 1. The van der Waals surface area contributed by atoms with Crippen LogP contribution in [0.25, 0.3) is 10.9 Å². The minimum atomic E-state index is -0.197. The number of pyridine rings is 1. The fourth-order valence-electron chi connectivity index (χ4n) is 5.05. The summed E-state index contributed by atoms with van der Waals surface area (Å²) >= 11 is 0. The molecule has 0 aliphatic heterocycles. The molecule has 3 heterocycles. The number of anilines is 2. The number of H-pyrrole nitrogens is 1. The lowest BCUT2D eigenvalue weighted by Crippen LogP contribution is -2.23. The number of aromatic nitrogens is 6. The maximum absolute atomic E-state index is 12.8. The van der Waals surface area contributed by atoms with Crippen molar-refractivity contribution >= 4 is 22.4 Å². The van der Waals surface area contributed by atoms with Crippen LogP contribution < -0.4 is 10.9 Å². The number of nitrogens with one attached hydrogen (secondary N) is 2. The summed E-state index contributed by atoms with van der Waals surface area (Å²) in [5, 5.41) is 27.0. The summed E-state index contributed by atoms with van der Waals surface area (Å²) in [6, 6.07) is 12.4. The summed E-state index contributed by atoms with van der Waals surface area (Å²) in [6.07, 6.45) is 8.87. The van der Waals surface area contributed by atoms with Crippen LogP contribution in [0.4, 0.5) is 11.5 Å². The minimum Gasteiger partial charge on any atom is -0.338 e. The molecule has 1 aliphatic rings. The predicted octanol–water partition coefficient (Wildman–Crippen LogP) is 4.56. The van der Waals surface area contributed by atoms with Crippen LogP contribution in [0.5, 0.6) is 0 Å². The average molecular weight is 457 g/mol. The first kappa shape index (κ1) is 21.9. The van der Waals surface area contributed by atoms with Gasteiger partial charge in [-0.25, -0.2) is 0 Å². The molecule has 4 aromatic rings. The Balaban J connectivity index is 1.49. The molecule has 9 heteroatoms. The Morgan fingerprint density at radius 1 is 1.12 bits per heavy atom. The highest BCUT2D eigenvalue weighted by Crippen LogP contribution is 2.36. The maximum atomic E-state index is 12.8. The second kappa shape index (κ2) is 9.14. The van der Waals surface area contributed by atoms with Gasteiger partial charge in [-0.15, -0.1) is 0 Å². The number of benzene rings is 1. The van der Waals surface area contributed by atoms with Crippen LogP contribution in [0.1, 0.15) is 57.2 Å². The Morgan fingerprint density at radius 3 is 2.56 bits per heavy atom. The van der Waals surface area contributed by atoms with E-state index in [9.17, 15) is 10.1 Å². The molecule has 0 radical (unpaired) electrons. The molecule has 5 rings (SSSR count). The van der Waals surface area contributed by atoms with Gasteiger partial charge in [-0.2, -0.15) is 25.4 Å². The van der Waals surface area contributed by atoms with Gasteiger partial charge < -0.3 is 10.3 Å². The lowest BCUT2D eigenvalue weighted by atomic mass is 9.85. The van der Waals surface area contributed by atoms with Gasteiger partial charge >= 0.3 is 0 Å². The largest absolute Gasteiger partial charge is 0.338 e. The van der Waals surface area contributed by atoms with Crippen molar-refractivity contribution in [1.29, 1.82) is 5.26 Å². The molecule has 2 N–H and O–H groups in total. The van der Waals surface area contributed by atoms with Gasteiger partial charge in [0.15, 0.2) is 5.82 Å². The maximum Gasteiger partial charge on any atom is 0.261 e. The third-order valence-corrected chi connectivity index (χ3v) is 6.67. The molecule has 3 aromatic heterocycles. The van der Waals surface area contributed by atoms with E-state index in [1.165, 1.54) is 0 Å². The average Bonchev–Trinajstić information content (AvgIpc) is 3.49. The molecular weight excluding hydrogens is 428 g/mol. The zero-order chi connectivity index (χ0) is 23.7. The van der Waals surface area contributed by atoms with Gasteiger partial charge in [0, 0.05) is 11.9 Å². The Bertz CT molecular complexity index is 1360. The third kappa shape index (κ3) is 3.96. The minimum absolute atomic E-state index is 0.0288. The van der Waals surface area contributed by atoms with Crippen molar-refractivity contribution < 1.29 is 0 Å².